The minimum Gasteiger partial charge on any atom is -0.491 e. The van der Waals surface area contributed by atoms with Crippen molar-refractivity contribution in [2.24, 2.45) is 0 Å². The monoisotopic (exact) mass is 720 g/mol. The van der Waals surface area contributed by atoms with Crippen LogP contribution in [0.5, 0.6) is 5.75 Å². The van der Waals surface area contributed by atoms with Crippen molar-refractivity contribution in [2.75, 3.05) is 55.4 Å². The molecule has 258 valence electrons. The Morgan fingerprint density at radius 1 is 1.00 bits per heavy atom. The molecule has 0 spiro atoms. The molecule has 0 aliphatic carbocycles. The molecular formula is C35H41ClN8O3S2. The van der Waals surface area contributed by atoms with Gasteiger partial charge < -0.3 is 24.0 Å². The normalized spacial score (nSPS) is 19.5. The first kappa shape index (κ1) is 33.9. The summed E-state index contributed by atoms with van der Waals surface area (Å²) in [4.78, 5) is 9.86. The van der Waals surface area contributed by atoms with Gasteiger partial charge in [0, 0.05) is 44.4 Å². The van der Waals surface area contributed by atoms with Crippen molar-refractivity contribution in [2.45, 2.75) is 56.2 Å². The summed E-state index contributed by atoms with van der Waals surface area (Å²) in [5, 5.41) is 14.3. The van der Waals surface area contributed by atoms with E-state index in [1.807, 2.05) is 18.2 Å². The number of hydrogen-bond donors (Lipinski definition) is 0. The Kier molecular flexibility index (Phi) is 10.7. The quantitative estimate of drug-likeness (QED) is 0.0911. The molecule has 0 N–H and O–H groups in total. The fraction of sp³-hybridized carbons (Fsp3) is 0.429. The Hall–Kier alpha value is -3.62. The van der Waals surface area contributed by atoms with Crippen LogP contribution in [0.4, 0.5) is 11.4 Å². The summed E-state index contributed by atoms with van der Waals surface area (Å²) in [5.74, 6) is 0.837. The number of rotatable bonds is 14. The average Bonchev–Trinajstić information content (AvgIpc) is 3.96. The lowest BCUT2D eigenvalue weighted by Gasteiger charge is -2.38. The smallest absolute Gasteiger partial charge is 0.225 e. The zero-order valence-corrected chi connectivity index (χ0v) is 30.2. The molecule has 11 nitrogen and oxygen atoms in total. The molecule has 49 heavy (non-hydrogen) atoms. The summed E-state index contributed by atoms with van der Waals surface area (Å²) in [7, 11) is 0. The number of anilines is 2. The third-order valence-electron chi connectivity index (χ3n) is 8.89. The minimum absolute atomic E-state index is 0.263. The topological polar surface area (TPSA) is 95.6 Å². The number of nitrogens with zero attached hydrogens (tertiary/aromatic N) is 8. The number of para-hydroxylation sites is 2. The molecule has 14 heteroatoms. The van der Waals surface area contributed by atoms with Crippen molar-refractivity contribution in [3.8, 4) is 11.4 Å². The van der Waals surface area contributed by atoms with E-state index in [0.717, 1.165) is 72.0 Å². The molecule has 2 atom stereocenters. The Morgan fingerprint density at radius 2 is 1.84 bits per heavy atom. The van der Waals surface area contributed by atoms with Gasteiger partial charge in [-0.1, -0.05) is 61.3 Å². The summed E-state index contributed by atoms with van der Waals surface area (Å²) < 4.78 is 23.7. The van der Waals surface area contributed by atoms with Crippen LogP contribution in [-0.4, -0.2) is 81.3 Å². The van der Waals surface area contributed by atoms with Gasteiger partial charge in [0.2, 0.25) is 5.79 Å². The van der Waals surface area contributed by atoms with E-state index < -0.39 is 5.79 Å². The largest absolute Gasteiger partial charge is 0.491 e. The molecule has 7 rings (SSSR count). The van der Waals surface area contributed by atoms with Crippen LogP contribution in [0.2, 0.25) is 4.34 Å². The summed E-state index contributed by atoms with van der Waals surface area (Å²) in [6, 6.07) is 20.8. The highest BCUT2D eigenvalue weighted by Crippen LogP contribution is 2.41. The highest BCUT2D eigenvalue weighted by atomic mass is 35.5. The van der Waals surface area contributed by atoms with Crippen molar-refractivity contribution >= 4 is 46.1 Å². The lowest BCUT2D eigenvalue weighted by Crippen LogP contribution is -2.46. The van der Waals surface area contributed by atoms with Crippen LogP contribution in [0.1, 0.15) is 36.9 Å². The molecule has 2 saturated heterocycles. The fourth-order valence-electron chi connectivity index (χ4n) is 6.44. The van der Waals surface area contributed by atoms with E-state index in [4.69, 9.17) is 25.8 Å². The lowest BCUT2D eigenvalue weighted by atomic mass is 10.1. The highest BCUT2D eigenvalue weighted by Gasteiger charge is 2.45. The Balaban J connectivity index is 0.987. The van der Waals surface area contributed by atoms with Gasteiger partial charge in [0.05, 0.1) is 27.2 Å². The number of aromatic nitrogens is 6. The Bertz CT molecular complexity index is 1810. The fourth-order valence-corrected chi connectivity index (χ4v) is 8.07. The number of unbranched alkanes of at least 4 members (excludes halogenated alkanes) is 2. The molecule has 0 radical (unpaired) electrons. The molecule has 2 aliphatic heterocycles. The standard InChI is InChI=1S/C35H41ClN8O3S2/c1-3-4-5-13-33-39-40-34(48-2)44(33)30-12-7-6-11-29(30)42-18-16-41(17-19-42)26-9-8-10-27(20-26)45-21-28-22-46-35(47-28,23-43-25-37-24-38-43)31-14-15-32(36)49-31/h6-12,14-15,20,24-25,28H,3-5,13,16-19,21-23H2,1-2H3. The molecular weight excluding hydrogens is 680 g/mol. The second-order valence-electron chi connectivity index (χ2n) is 12.2. The van der Waals surface area contributed by atoms with Gasteiger partial charge in [-0.05, 0) is 49.1 Å². The summed E-state index contributed by atoms with van der Waals surface area (Å²) >= 11 is 9.36. The molecule has 0 amide bonds. The van der Waals surface area contributed by atoms with Crippen LogP contribution in [0.15, 0.2) is 78.5 Å². The van der Waals surface area contributed by atoms with Crippen LogP contribution in [0, 0.1) is 0 Å². The van der Waals surface area contributed by atoms with Crippen LogP contribution in [-0.2, 0) is 28.2 Å². The van der Waals surface area contributed by atoms with Crippen molar-refractivity contribution in [1.82, 2.24) is 29.5 Å². The molecule has 0 bridgehead atoms. The zero-order chi connectivity index (χ0) is 33.6. The maximum atomic E-state index is 6.52. The number of hydrogen-bond acceptors (Lipinski definition) is 11. The second-order valence-corrected chi connectivity index (χ2v) is 14.7. The number of halogens is 1. The van der Waals surface area contributed by atoms with E-state index in [1.54, 1.807) is 22.8 Å². The van der Waals surface area contributed by atoms with Gasteiger partial charge in [-0.3, -0.25) is 4.57 Å². The maximum Gasteiger partial charge on any atom is 0.225 e. The average molecular weight is 721 g/mol. The number of ether oxygens (including phenoxy) is 3. The van der Waals surface area contributed by atoms with Crippen LogP contribution < -0.4 is 14.5 Å². The van der Waals surface area contributed by atoms with E-state index >= 15 is 0 Å². The first-order chi connectivity index (χ1) is 24.0. The molecule has 2 fully saturated rings. The van der Waals surface area contributed by atoms with Gasteiger partial charge in [0.15, 0.2) is 5.16 Å². The van der Waals surface area contributed by atoms with Gasteiger partial charge in [-0.2, -0.15) is 5.10 Å². The number of aryl methyl sites for hydroxylation is 1. The maximum absolute atomic E-state index is 6.52. The zero-order valence-electron chi connectivity index (χ0n) is 27.8. The molecule has 2 aromatic carbocycles. The molecule has 5 heterocycles. The van der Waals surface area contributed by atoms with E-state index in [-0.39, 0.29) is 6.10 Å². The predicted molar refractivity (Wildman–Crippen MR) is 195 cm³/mol. The van der Waals surface area contributed by atoms with Gasteiger partial charge in [-0.15, -0.1) is 21.5 Å². The number of thioether (sulfide) groups is 1. The SMILES string of the molecule is CCCCCc1nnc(SC)n1-c1ccccc1N1CCN(c2cccc(OCC3COC(Cn4cncn4)(c4ccc(Cl)s4)O3)c2)CC1. The van der Waals surface area contributed by atoms with Crippen LogP contribution in [0.3, 0.4) is 0 Å². The molecule has 2 aliphatic rings. The van der Waals surface area contributed by atoms with Gasteiger partial charge >= 0.3 is 0 Å². The van der Waals surface area contributed by atoms with Gasteiger partial charge in [0.25, 0.3) is 0 Å². The highest BCUT2D eigenvalue weighted by molar-refractivity contribution is 7.98. The number of benzene rings is 2. The predicted octanol–water partition coefficient (Wildman–Crippen LogP) is 6.70. The molecule has 0 saturated carbocycles. The van der Waals surface area contributed by atoms with Gasteiger partial charge in [-0.25, -0.2) is 9.67 Å². The van der Waals surface area contributed by atoms with E-state index in [9.17, 15) is 0 Å². The number of thiophene rings is 1. The Morgan fingerprint density at radius 3 is 2.59 bits per heavy atom. The summed E-state index contributed by atoms with van der Waals surface area (Å²) in [6.45, 7) is 6.93. The molecule has 2 unspecified atom stereocenters. The summed E-state index contributed by atoms with van der Waals surface area (Å²) in [6.07, 6.45) is 9.38. The first-order valence-corrected chi connectivity index (χ1v) is 19.2. The van der Waals surface area contributed by atoms with Crippen molar-refractivity contribution in [3.63, 3.8) is 0 Å². The first-order valence-electron chi connectivity index (χ1n) is 16.8. The minimum atomic E-state index is -0.998. The van der Waals surface area contributed by atoms with Crippen molar-refractivity contribution in [3.05, 3.63) is 88.4 Å². The number of piperazine rings is 1. The van der Waals surface area contributed by atoms with E-state index in [2.05, 4.69) is 90.3 Å². The van der Waals surface area contributed by atoms with E-state index in [0.29, 0.717) is 24.1 Å². The summed E-state index contributed by atoms with van der Waals surface area (Å²) in [5.41, 5.74) is 3.51. The third-order valence-corrected chi connectivity index (χ3v) is 10.9. The second kappa shape index (κ2) is 15.5. The Labute approximate surface area is 300 Å². The third kappa shape index (κ3) is 7.60. The van der Waals surface area contributed by atoms with E-state index in [1.165, 1.54) is 36.2 Å². The van der Waals surface area contributed by atoms with Crippen LogP contribution in [0.25, 0.3) is 5.69 Å². The van der Waals surface area contributed by atoms with Crippen molar-refractivity contribution in [1.29, 1.82) is 0 Å². The molecule has 3 aromatic heterocycles. The molecule has 5 aromatic rings. The lowest BCUT2D eigenvalue weighted by molar-refractivity contribution is -0.188. The van der Waals surface area contributed by atoms with Crippen LogP contribution >= 0.6 is 34.7 Å². The van der Waals surface area contributed by atoms with Crippen molar-refractivity contribution < 1.29 is 14.2 Å². The van der Waals surface area contributed by atoms with Gasteiger partial charge in [0.1, 0.15) is 43.5 Å².